The zero-order valence-corrected chi connectivity index (χ0v) is 19.6. The first-order valence-electron chi connectivity index (χ1n) is 12.2. The summed E-state index contributed by atoms with van der Waals surface area (Å²) in [7, 11) is 0. The molecule has 5 heteroatoms. The first-order valence-corrected chi connectivity index (χ1v) is 12.2. The van der Waals surface area contributed by atoms with Crippen LogP contribution in [0, 0.1) is 17.2 Å². The Labute approximate surface area is 201 Å². The largest absolute Gasteiger partial charge is 0.342 e. The van der Waals surface area contributed by atoms with Gasteiger partial charge in [0.05, 0.1) is 17.6 Å². The number of benzene rings is 1. The van der Waals surface area contributed by atoms with Crippen LogP contribution >= 0.6 is 0 Å². The number of hydrogen-bond acceptors (Lipinski definition) is 4. The fourth-order valence-corrected chi connectivity index (χ4v) is 5.35. The summed E-state index contributed by atoms with van der Waals surface area (Å²) in [6.45, 7) is 3.65. The van der Waals surface area contributed by atoms with Crippen molar-refractivity contribution in [3.63, 3.8) is 0 Å². The van der Waals surface area contributed by atoms with Crippen LogP contribution in [0.15, 0.2) is 66.5 Å². The number of pyridine rings is 1. The summed E-state index contributed by atoms with van der Waals surface area (Å²) in [5.41, 5.74) is 6.58. The van der Waals surface area contributed by atoms with E-state index < -0.39 is 0 Å². The monoisotopic (exact) mass is 450 g/mol. The van der Waals surface area contributed by atoms with E-state index in [0.29, 0.717) is 11.6 Å². The van der Waals surface area contributed by atoms with E-state index in [9.17, 15) is 10.1 Å². The molecule has 1 aliphatic heterocycles. The van der Waals surface area contributed by atoms with Crippen molar-refractivity contribution < 1.29 is 4.79 Å². The van der Waals surface area contributed by atoms with Gasteiger partial charge in [-0.2, -0.15) is 5.26 Å². The third kappa shape index (κ3) is 4.73. The number of piperidine rings is 1. The number of nitriles is 1. The molecule has 0 radical (unpaired) electrons. The van der Waals surface area contributed by atoms with Crippen LogP contribution in [0.4, 0.5) is 0 Å². The average Bonchev–Trinajstić information content (AvgIpc) is 2.88. The number of amides is 1. The van der Waals surface area contributed by atoms with Gasteiger partial charge in [0.1, 0.15) is 0 Å². The zero-order chi connectivity index (χ0) is 23.5. The third-order valence-corrected chi connectivity index (χ3v) is 7.17. The molecule has 1 aromatic heterocycles. The van der Waals surface area contributed by atoms with E-state index in [1.165, 1.54) is 22.3 Å². The Kier molecular flexibility index (Phi) is 6.42. The Hall–Kier alpha value is -3.49. The first-order chi connectivity index (χ1) is 16.6. The fraction of sp³-hybridized carbons (Fsp3) is 0.345. The molecule has 172 valence electrons. The number of aromatic nitrogens is 1. The van der Waals surface area contributed by atoms with Gasteiger partial charge in [0, 0.05) is 37.6 Å². The lowest BCUT2D eigenvalue weighted by atomic mass is 9.85. The minimum Gasteiger partial charge on any atom is -0.342 e. The van der Waals surface area contributed by atoms with Crippen LogP contribution in [0.2, 0.25) is 0 Å². The van der Waals surface area contributed by atoms with Crippen molar-refractivity contribution in [2.45, 2.75) is 44.7 Å². The Bertz CT molecular complexity index is 1210. The van der Waals surface area contributed by atoms with E-state index in [4.69, 9.17) is 0 Å². The van der Waals surface area contributed by atoms with Gasteiger partial charge >= 0.3 is 0 Å². The minimum atomic E-state index is -0.0114. The van der Waals surface area contributed by atoms with Gasteiger partial charge in [-0.1, -0.05) is 42.0 Å². The molecule has 0 spiro atoms. The summed E-state index contributed by atoms with van der Waals surface area (Å²) in [5, 5.41) is 13.2. The molecule has 34 heavy (non-hydrogen) atoms. The van der Waals surface area contributed by atoms with Gasteiger partial charge in [0.15, 0.2) is 0 Å². The van der Waals surface area contributed by atoms with Crippen LogP contribution < -0.4 is 5.32 Å². The summed E-state index contributed by atoms with van der Waals surface area (Å²) < 4.78 is 0. The smallest absolute Gasteiger partial charge is 0.229 e. The number of hydrogen-bond donors (Lipinski definition) is 1. The molecule has 2 unspecified atom stereocenters. The van der Waals surface area contributed by atoms with Crippen LogP contribution in [0.25, 0.3) is 11.6 Å². The second-order valence-corrected chi connectivity index (χ2v) is 9.54. The molecule has 3 aliphatic rings. The molecule has 5 nitrogen and oxygen atoms in total. The van der Waals surface area contributed by atoms with Gasteiger partial charge in [0.25, 0.3) is 0 Å². The van der Waals surface area contributed by atoms with Gasteiger partial charge < -0.3 is 10.2 Å². The van der Waals surface area contributed by atoms with E-state index in [1.54, 1.807) is 0 Å². The quantitative estimate of drug-likeness (QED) is 0.708. The van der Waals surface area contributed by atoms with Gasteiger partial charge in [-0.15, -0.1) is 0 Å². The molecule has 2 aliphatic carbocycles. The standard InChI is InChI=1S/C29H30N4O/c1-20-4-2-7-24(14-20)29(34)33-12-9-26(10-13-33)32-28-17-25(16-23-8-11-31-19-27(23)28)22-6-3-5-21(15-22)18-30/h2-6,8,11,14-16,19,24,26,28,32H,7,9-10,12-13,17H2,1H3. The molecular weight excluding hydrogens is 420 g/mol. The minimum absolute atomic E-state index is 0.0114. The van der Waals surface area contributed by atoms with Crippen LogP contribution in [-0.4, -0.2) is 34.9 Å². The highest BCUT2D eigenvalue weighted by Gasteiger charge is 2.30. The number of fused-ring (bicyclic) bond motifs is 1. The van der Waals surface area contributed by atoms with Crippen molar-refractivity contribution in [2.24, 2.45) is 5.92 Å². The van der Waals surface area contributed by atoms with Crippen LogP contribution in [0.3, 0.4) is 0 Å². The summed E-state index contributed by atoms with van der Waals surface area (Å²) in [6.07, 6.45) is 15.9. The van der Waals surface area contributed by atoms with Crippen molar-refractivity contribution in [3.05, 3.63) is 88.8 Å². The Morgan fingerprint density at radius 1 is 1.24 bits per heavy atom. The van der Waals surface area contributed by atoms with Crippen molar-refractivity contribution in [1.82, 2.24) is 15.2 Å². The Balaban J connectivity index is 1.27. The molecule has 5 rings (SSSR count). The molecule has 1 N–H and O–H groups in total. The van der Waals surface area contributed by atoms with E-state index in [2.05, 4.69) is 59.7 Å². The van der Waals surface area contributed by atoms with E-state index >= 15 is 0 Å². The SMILES string of the molecule is CC1=CC(C(=O)N2CCC(NC3CC(c4cccc(C#N)c4)=Cc4ccncc43)CC2)CC=C1. The highest BCUT2D eigenvalue weighted by molar-refractivity contribution is 5.85. The highest BCUT2D eigenvalue weighted by Crippen LogP contribution is 2.37. The summed E-state index contributed by atoms with van der Waals surface area (Å²) >= 11 is 0. The first kappa shape index (κ1) is 22.3. The van der Waals surface area contributed by atoms with E-state index in [-0.39, 0.29) is 17.9 Å². The molecule has 1 fully saturated rings. The molecule has 1 amide bonds. The maximum Gasteiger partial charge on any atom is 0.229 e. The maximum atomic E-state index is 13.0. The van der Waals surface area contributed by atoms with Crippen LogP contribution in [-0.2, 0) is 4.79 Å². The number of nitrogens with one attached hydrogen (secondary N) is 1. The number of nitrogens with zero attached hydrogens (tertiary/aromatic N) is 3. The predicted octanol–water partition coefficient (Wildman–Crippen LogP) is 5.04. The lowest BCUT2D eigenvalue weighted by Gasteiger charge is -2.37. The van der Waals surface area contributed by atoms with Gasteiger partial charge in [0.2, 0.25) is 5.91 Å². The Morgan fingerprint density at radius 2 is 2.09 bits per heavy atom. The number of carbonyl (C=O) groups excluding carboxylic acids is 1. The van der Waals surface area contributed by atoms with Gasteiger partial charge in [-0.05, 0) is 73.1 Å². The van der Waals surface area contributed by atoms with Crippen molar-refractivity contribution in [2.75, 3.05) is 13.1 Å². The second-order valence-electron chi connectivity index (χ2n) is 9.54. The predicted molar refractivity (Wildman–Crippen MR) is 134 cm³/mol. The molecule has 2 atom stereocenters. The fourth-order valence-electron chi connectivity index (χ4n) is 5.35. The number of rotatable bonds is 4. The molecular formula is C29H30N4O. The topological polar surface area (TPSA) is 69.0 Å². The zero-order valence-electron chi connectivity index (χ0n) is 19.6. The molecule has 1 aromatic carbocycles. The molecule has 0 saturated carbocycles. The molecule has 2 heterocycles. The average molecular weight is 451 g/mol. The van der Waals surface area contributed by atoms with Crippen LogP contribution in [0.1, 0.15) is 60.9 Å². The highest BCUT2D eigenvalue weighted by atomic mass is 16.2. The number of allylic oxidation sites excluding steroid dienone is 3. The Morgan fingerprint density at radius 3 is 2.88 bits per heavy atom. The lowest BCUT2D eigenvalue weighted by molar-refractivity contribution is -0.135. The summed E-state index contributed by atoms with van der Waals surface area (Å²) in [6, 6.07) is 12.7. The summed E-state index contributed by atoms with van der Waals surface area (Å²) in [4.78, 5) is 19.4. The normalized spacial score (nSPS) is 22.4. The number of carbonyl (C=O) groups is 1. The van der Waals surface area contributed by atoms with Crippen molar-refractivity contribution in [3.8, 4) is 6.07 Å². The summed E-state index contributed by atoms with van der Waals surface area (Å²) in [5.74, 6) is 0.250. The van der Waals surface area contributed by atoms with Crippen LogP contribution in [0.5, 0.6) is 0 Å². The van der Waals surface area contributed by atoms with Crippen molar-refractivity contribution in [1.29, 1.82) is 5.26 Å². The van der Waals surface area contributed by atoms with E-state index in [1.807, 2.05) is 35.5 Å². The molecule has 2 aromatic rings. The van der Waals surface area contributed by atoms with Gasteiger partial charge in [-0.3, -0.25) is 9.78 Å². The molecule has 1 saturated heterocycles. The second kappa shape index (κ2) is 9.79. The van der Waals surface area contributed by atoms with E-state index in [0.717, 1.165) is 44.3 Å². The lowest BCUT2D eigenvalue weighted by Crippen LogP contribution is -2.47. The maximum absolute atomic E-state index is 13.0. The van der Waals surface area contributed by atoms with Gasteiger partial charge in [-0.25, -0.2) is 0 Å². The number of likely N-dealkylation sites (tertiary alicyclic amines) is 1. The van der Waals surface area contributed by atoms with Crippen molar-refractivity contribution >= 4 is 17.6 Å². The third-order valence-electron chi connectivity index (χ3n) is 7.17. The molecule has 0 bridgehead atoms.